The summed E-state index contributed by atoms with van der Waals surface area (Å²) in [7, 11) is 0. The standard InChI is InChI=1S/C16H18N2O/c1-2-12-19-15-10-8-14(9-11-15)18-16(17)13-6-4-3-5-7-13/h3-11H,2,12H2,1H3,(H2,17,18). The van der Waals surface area contributed by atoms with Gasteiger partial charge in [-0.05, 0) is 30.7 Å². The molecule has 3 nitrogen and oxygen atoms in total. The smallest absolute Gasteiger partial charge is 0.131 e. The van der Waals surface area contributed by atoms with Crippen LogP contribution in [0.4, 0.5) is 5.69 Å². The van der Waals surface area contributed by atoms with Crippen molar-refractivity contribution < 1.29 is 4.74 Å². The van der Waals surface area contributed by atoms with Crippen LogP contribution < -0.4 is 10.5 Å². The van der Waals surface area contributed by atoms with Crippen molar-refractivity contribution in [3.8, 4) is 5.75 Å². The molecule has 0 aromatic heterocycles. The topological polar surface area (TPSA) is 47.6 Å². The molecule has 0 heterocycles. The monoisotopic (exact) mass is 254 g/mol. The van der Waals surface area contributed by atoms with E-state index in [0.717, 1.165) is 30.0 Å². The van der Waals surface area contributed by atoms with E-state index in [-0.39, 0.29) is 0 Å². The van der Waals surface area contributed by atoms with Crippen molar-refractivity contribution in [1.82, 2.24) is 0 Å². The summed E-state index contributed by atoms with van der Waals surface area (Å²) < 4.78 is 5.52. The van der Waals surface area contributed by atoms with Crippen molar-refractivity contribution in [2.45, 2.75) is 13.3 Å². The molecule has 0 spiro atoms. The highest BCUT2D eigenvalue weighted by molar-refractivity contribution is 5.98. The van der Waals surface area contributed by atoms with E-state index in [0.29, 0.717) is 5.84 Å². The number of nitrogens with two attached hydrogens (primary N) is 1. The highest BCUT2D eigenvalue weighted by atomic mass is 16.5. The Balaban J connectivity index is 2.10. The van der Waals surface area contributed by atoms with Crippen LogP contribution in [0.1, 0.15) is 18.9 Å². The van der Waals surface area contributed by atoms with Crippen LogP contribution in [0.5, 0.6) is 5.75 Å². The number of hydrogen-bond donors (Lipinski definition) is 1. The maximum Gasteiger partial charge on any atom is 0.131 e. The van der Waals surface area contributed by atoms with Gasteiger partial charge in [0, 0.05) is 5.56 Å². The molecule has 2 rings (SSSR count). The molecule has 0 bridgehead atoms. The second-order valence-electron chi connectivity index (χ2n) is 4.21. The lowest BCUT2D eigenvalue weighted by molar-refractivity contribution is 0.317. The predicted octanol–water partition coefficient (Wildman–Crippen LogP) is 3.51. The first-order chi connectivity index (χ1) is 9.29. The van der Waals surface area contributed by atoms with E-state index >= 15 is 0 Å². The third-order valence-corrected chi connectivity index (χ3v) is 2.63. The number of aliphatic imine (C=N–C) groups is 1. The van der Waals surface area contributed by atoms with Crippen molar-refractivity contribution in [1.29, 1.82) is 0 Å². The van der Waals surface area contributed by atoms with Crippen LogP contribution in [-0.4, -0.2) is 12.4 Å². The molecule has 0 radical (unpaired) electrons. The Bertz CT molecular complexity index is 532. The van der Waals surface area contributed by atoms with Crippen LogP contribution in [0, 0.1) is 0 Å². The summed E-state index contributed by atoms with van der Waals surface area (Å²) in [4.78, 5) is 4.39. The zero-order chi connectivity index (χ0) is 13.5. The van der Waals surface area contributed by atoms with Crippen LogP contribution >= 0.6 is 0 Å². The van der Waals surface area contributed by atoms with Gasteiger partial charge >= 0.3 is 0 Å². The Morgan fingerprint density at radius 3 is 2.37 bits per heavy atom. The first-order valence-corrected chi connectivity index (χ1v) is 6.42. The zero-order valence-corrected chi connectivity index (χ0v) is 11.0. The number of ether oxygens (including phenoxy) is 1. The van der Waals surface area contributed by atoms with Crippen molar-refractivity contribution in [2.75, 3.05) is 6.61 Å². The minimum Gasteiger partial charge on any atom is -0.494 e. The maximum absolute atomic E-state index is 5.96. The van der Waals surface area contributed by atoms with Gasteiger partial charge in [-0.3, -0.25) is 0 Å². The van der Waals surface area contributed by atoms with Crippen LogP contribution in [0.25, 0.3) is 0 Å². The summed E-state index contributed by atoms with van der Waals surface area (Å²) in [6, 6.07) is 17.4. The van der Waals surface area contributed by atoms with Gasteiger partial charge in [0.25, 0.3) is 0 Å². The van der Waals surface area contributed by atoms with Crippen LogP contribution in [0.2, 0.25) is 0 Å². The van der Waals surface area contributed by atoms with Crippen LogP contribution in [0.3, 0.4) is 0 Å². The number of amidine groups is 1. The van der Waals surface area contributed by atoms with E-state index in [1.54, 1.807) is 0 Å². The third-order valence-electron chi connectivity index (χ3n) is 2.63. The summed E-state index contributed by atoms with van der Waals surface area (Å²) in [5.74, 6) is 1.38. The van der Waals surface area contributed by atoms with E-state index < -0.39 is 0 Å². The summed E-state index contributed by atoms with van der Waals surface area (Å²) in [6.07, 6.45) is 1.00. The molecule has 0 saturated heterocycles. The molecular formula is C16H18N2O. The lowest BCUT2D eigenvalue weighted by atomic mass is 10.2. The lowest BCUT2D eigenvalue weighted by Gasteiger charge is -2.05. The number of nitrogens with zero attached hydrogens (tertiary/aromatic N) is 1. The Morgan fingerprint density at radius 2 is 1.74 bits per heavy atom. The van der Waals surface area contributed by atoms with E-state index in [1.807, 2.05) is 54.6 Å². The number of rotatable bonds is 5. The highest BCUT2D eigenvalue weighted by Crippen LogP contribution is 2.18. The van der Waals surface area contributed by atoms with Crippen LogP contribution in [-0.2, 0) is 0 Å². The van der Waals surface area contributed by atoms with Gasteiger partial charge in [0.15, 0.2) is 0 Å². The minimum absolute atomic E-state index is 0.517. The Kier molecular flexibility index (Phi) is 4.56. The van der Waals surface area contributed by atoms with Gasteiger partial charge in [-0.1, -0.05) is 37.3 Å². The average Bonchev–Trinajstić information content (AvgIpc) is 2.47. The zero-order valence-electron chi connectivity index (χ0n) is 11.0. The quantitative estimate of drug-likeness (QED) is 0.655. The second kappa shape index (κ2) is 6.59. The van der Waals surface area contributed by atoms with Crippen LogP contribution in [0.15, 0.2) is 59.6 Å². The molecule has 0 unspecified atom stereocenters. The Morgan fingerprint density at radius 1 is 1.05 bits per heavy atom. The normalized spacial score (nSPS) is 11.3. The first kappa shape index (κ1) is 13.1. The second-order valence-corrected chi connectivity index (χ2v) is 4.21. The summed E-state index contributed by atoms with van der Waals surface area (Å²) in [6.45, 7) is 2.81. The molecule has 0 amide bonds. The molecule has 0 atom stereocenters. The molecule has 3 heteroatoms. The molecule has 2 aromatic carbocycles. The molecular weight excluding hydrogens is 236 g/mol. The maximum atomic E-state index is 5.96. The minimum atomic E-state index is 0.517. The number of benzene rings is 2. The molecule has 2 N–H and O–H groups in total. The van der Waals surface area contributed by atoms with Gasteiger partial charge in [0.05, 0.1) is 12.3 Å². The Hall–Kier alpha value is -2.29. The Labute approximate surface area is 113 Å². The third kappa shape index (κ3) is 3.85. The number of hydrogen-bond acceptors (Lipinski definition) is 2. The van der Waals surface area contributed by atoms with Gasteiger partial charge in [-0.15, -0.1) is 0 Å². The molecule has 0 fully saturated rings. The van der Waals surface area contributed by atoms with E-state index in [9.17, 15) is 0 Å². The van der Waals surface area contributed by atoms with Crippen molar-refractivity contribution >= 4 is 11.5 Å². The fourth-order valence-electron chi connectivity index (χ4n) is 1.65. The molecule has 0 aliphatic carbocycles. The van der Waals surface area contributed by atoms with E-state index in [1.165, 1.54) is 0 Å². The van der Waals surface area contributed by atoms with Gasteiger partial charge in [0.1, 0.15) is 11.6 Å². The fraction of sp³-hybridized carbons (Fsp3) is 0.188. The lowest BCUT2D eigenvalue weighted by Crippen LogP contribution is -2.12. The molecule has 2 aromatic rings. The van der Waals surface area contributed by atoms with E-state index in [4.69, 9.17) is 10.5 Å². The SMILES string of the molecule is CCCOc1ccc(N=C(N)c2ccccc2)cc1. The van der Waals surface area contributed by atoms with Gasteiger partial charge in [-0.2, -0.15) is 0 Å². The van der Waals surface area contributed by atoms with Crippen molar-refractivity contribution in [3.05, 3.63) is 60.2 Å². The van der Waals surface area contributed by atoms with Gasteiger partial charge in [-0.25, -0.2) is 4.99 Å². The fourth-order valence-corrected chi connectivity index (χ4v) is 1.65. The largest absolute Gasteiger partial charge is 0.494 e. The van der Waals surface area contributed by atoms with Gasteiger partial charge in [0.2, 0.25) is 0 Å². The van der Waals surface area contributed by atoms with Crippen molar-refractivity contribution in [2.24, 2.45) is 10.7 Å². The van der Waals surface area contributed by atoms with Gasteiger partial charge < -0.3 is 10.5 Å². The summed E-state index contributed by atoms with van der Waals surface area (Å²) >= 11 is 0. The molecule has 98 valence electrons. The summed E-state index contributed by atoms with van der Waals surface area (Å²) in [5.41, 5.74) is 7.71. The molecule has 0 aliphatic heterocycles. The van der Waals surface area contributed by atoms with Crippen molar-refractivity contribution in [3.63, 3.8) is 0 Å². The first-order valence-electron chi connectivity index (χ1n) is 6.42. The molecule has 0 saturated carbocycles. The molecule has 0 aliphatic rings. The molecule has 19 heavy (non-hydrogen) atoms. The predicted molar refractivity (Wildman–Crippen MR) is 79.1 cm³/mol. The summed E-state index contributed by atoms with van der Waals surface area (Å²) in [5, 5.41) is 0. The van der Waals surface area contributed by atoms with E-state index in [2.05, 4.69) is 11.9 Å². The average molecular weight is 254 g/mol. The highest BCUT2D eigenvalue weighted by Gasteiger charge is 1.98.